The van der Waals surface area contributed by atoms with E-state index in [-0.39, 0.29) is 11.9 Å². The Morgan fingerprint density at radius 3 is 2.45 bits per heavy atom. The van der Waals surface area contributed by atoms with E-state index in [2.05, 4.69) is 17.4 Å². The molecule has 4 heteroatoms. The second-order valence-corrected chi connectivity index (χ2v) is 6.25. The number of rotatable bonds is 6. The van der Waals surface area contributed by atoms with Crippen LogP contribution >= 0.6 is 0 Å². The molecule has 0 bridgehead atoms. The van der Waals surface area contributed by atoms with Gasteiger partial charge in [0.25, 0.3) is 0 Å². The summed E-state index contributed by atoms with van der Waals surface area (Å²) in [7, 11) is 0. The van der Waals surface area contributed by atoms with E-state index in [9.17, 15) is 14.7 Å². The molecule has 120 valence electrons. The van der Waals surface area contributed by atoms with Gasteiger partial charge >= 0.3 is 0 Å². The minimum Gasteiger partial charge on any atom is -0.550 e. The molecule has 0 unspecified atom stereocenters. The number of aliphatic carboxylic acids is 1. The first kappa shape index (κ1) is 16.5. The van der Waals surface area contributed by atoms with Crippen molar-refractivity contribution < 1.29 is 14.7 Å². The number of carboxylic acids is 1. The fourth-order valence-corrected chi connectivity index (χ4v) is 3.18. The van der Waals surface area contributed by atoms with Crippen LogP contribution in [-0.4, -0.2) is 17.9 Å². The van der Waals surface area contributed by atoms with E-state index in [4.69, 9.17) is 0 Å². The zero-order valence-electron chi connectivity index (χ0n) is 13.1. The Bertz CT molecular complexity index is 500. The summed E-state index contributed by atoms with van der Waals surface area (Å²) in [4.78, 5) is 23.5. The number of carboxylic acid groups (broad SMARTS) is 1. The first-order valence-corrected chi connectivity index (χ1v) is 8.13. The summed E-state index contributed by atoms with van der Waals surface area (Å²) in [6.45, 7) is 1.97. The van der Waals surface area contributed by atoms with Gasteiger partial charge in [-0.15, -0.1) is 0 Å². The molecule has 0 aromatic heterocycles. The van der Waals surface area contributed by atoms with Crippen molar-refractivity contribution in [1.82, 2.24) is 5.32 Å². The molecular weight excluding hydrogens is 278 g/mol. The van der Waals surface area contributed by atoms with Gasteiger partial charge in [-0.25, -0.2) is 0 Å². The van der Waals surface area contributed by atoms with Gasteiger partial charge in [0.05, 0.1) is 0 Å². The number of hydrogen-bond acceptors (Lipinski definition) is 3. The molecule has 22 heavy (non-hydrogen) atoms. The van der Waals surface area contributed by atoms with Crippen LogP contribution in [0.1, 0.15) is 44.6 Å². The Morgan fingerprint density at radius 2 is 1.82 bits per heavy atom. The lowest BCUT2D eigenvalue weighted by atomic mass is 9.78. The fraction of sp³-hybridized carbons (Fsp3) is 0.556. The van der Waals surface area contributed by atoms with Crippen molar-refractivity contribution in [3.63, 3.8) is 0 Å². The maximum absolute atomic E-state index is 12.3. The normalized spacial score (nSPS) is 22.8. The van der Waals surface area contributed by atoms with Gasteiger partial charge < -0.3 is 15.2 Å². The zero-order valence-corrected chi connectivity index (χ0v) is 13.1. The number of hydrogen-bond donors (Lipinski definition) is 1. The third-order valence-electron chi connectivity index (χ3n) is 4.50. The van der Waals surface area contributed by atoms with Crippen LogP contribution < -0.4 is 10.4 Å². The van der Waals surface area contributed by atoms with Gasteiger partial charge in [0.15, 0.2) is 0 Å². The number of nitrogens with one attached hydrogen (secondary N) is 1. The molecule has 1 amide bonds. The smallest absolute Gasteiger partial charge is 0.223 e. The summed E-state index contributed by atoms with van der Waals surface area (Å²) in [5.41, 5.74) is 1.24. The van der Waals surface area contributed by atoms with E-state index in [0.29, 0.717) is 12.8 Å². The van der Waals surface area contributed by atoms with Crippen LogP contribution in [0, 0.1) is 11.8 Å². The van der Waals surface area contributed by atoms with Gasteiger partial charge in [-0.1, -0.05) is 43.2 Å². The van der Waals surface area contributed by atoms with Gasteiger partial charge in [0, 0.05) is 23.8 Å². The number of amides is 1. The highest BCUT2D eigenvalue weighted by Crippen LogP contribution is 2.30. The van der Waals surface area contributed by atoms with Gasteiger partial charge in [-0.3, -0.25) is 4.79 Å². The topological polar surface area (TPSA) is 69.2 Å². The first-order valence-electron chi connectivity index (χ1n) is 8.13. The second kappa shape index (κ2) is 7.97. The van der Waals surface area contributed by atoms with E-state index >= 15 is 0 Å². The molecule has 0 saturated heterocycles. The first-order chi connectivity index (χ1) is 10.6. The molecule has 0 spiro atoms. The molecule has 1 aliphatic carbocycles. The SMILES string of the molecule is C[C@H](CCc1ccccc1)NC(=O)[C@H]1CCCC[C@@H]1C(=O)[O-]. The van der Waals surface area contributed by atoms with Gasteiger partial charge in [-0.2, -0.15) is 0 Å². The van der Waals surface area contributed by atoms with Gasteiger partial charge in [0.2, 0.25) is 5.91 Å². The van der Waals surface area contributed by atoms with Crippen molar-refractivity contribution >= 4 is 11.9 Å². The van der Waals surface area contributed by atoms with Crippen LogP contribution in [0.15, 0.2) is 30.3 Å². The van der Waals surface area contributed by atoms with Crippen molar-refractivity contribution in [2.45, 2.75) is 51.5 Å². The Kier molecular flexibility index (Phi) is 5.99. The average molecular weight is 302 g/mol. The van der Waals surface area contributed by atoms with E-state index < -0.39 is 17.8 Å². The molecule has 1 aromatic rings. The van der Waals surface area contributed by atoms with Crippen LogP contribution in [0.3, 0.4) is 0 Å². The molecule has 1 saturated carbocycles. The second-order valence-electron chi connectivity index (χ2n) is 6.25. The summed E-state index contributed by atoms with van der Waals surface area (Å²) in [6.07, 6.45) is 4.73. The van der Waals surface area contributed by atoms with Crippen LogP contribution in [0.25, 0.3) is 0 Å². The van der Waals surface area contributed by atoms with E-state index in [1.807, 2.05) is 25.1 Å². The molecule has 0 radical (unpaired) electrons. The molecule has 4 nitrogen and oxygen atoms in total. The summed E-state index contributed by atoms with van der Waals surface area (Å²) in [5.74, 6) is -2.28. The molecule has 1 aromatic carbocycles. The van der Waals surface area contributed by atoms with Crippen molar-refractivity contribution in [2.24, 2.45) is 11.8 Å². The lowest BCUT2D eigenvalue weighted by Crippen LogP contribution is -2.46. The quantitative estimate of drug-likeness (QED) is 0.869. The predicted octanol–water partition coefficient (Wildman–Crippen LogP) is 1.68. The molecule has 1 N–H and O–H groups in total. The van der Waals surface area contributed by atoms with E-state index in [1.54, 1.807) is 0 Å². The number of benzene rings is 1. The molecule has 3 atom stereocenters. The van der Waals surface area contributed by atoms with Crippen LogP contribution in [-0.2, 0) is 16.0 Å². The lowest BCUT2D eigenvalue weighted by molar-refractivity contribution is -0.314. The van der Waals surface area contributed by atoms with E-state index in [0.717, 1.165) is 25.7 Å². The van der Waals surface area contributed by atoms with Crippen LogP contribution in [0.5, 0.6) is 0 Å². The third-order valence-corrected chi connectivity index (χ3v) is 4.50. The molecule has 0 aliphatic heterocycles. The molecule has 1 fully saturated rings. The Morgan fingerprint density at radius 1 is 1.18 bits per heavy atom. The predicted molar refractivity (Wildman–Crippen MR) is 82.8 cm³/mol. The monoisotopic (exact) mass is 302 g/mol. The summed E-state index contributed by atoms with van der Waals surface area (Å²) >= 11 is 0. The van der Waals surface area contributed by atoms with Crippen molar-refractivity contribution in [1.29, 1.82) is 0 Å². The Labute approximate surface area is 131 Å². The van der Waals surface area contributed by atoms with Crippen LogP contribution in [0.4, 0.5) is 0 Å². The highest BCUT2D eigenvalue weighted by atomic mass is 16.4. The van der Waals surface area contributed by atoms with E-state index in [1.165, 1.54) is 5.56 Å². The number of carbonyl (C=O) groups excluding carboxylic acids is 2. The van der Waals surface area contributed by atoms with Crippen molar-refractivity contribution in [3.8, 4) is 0 Å². The molecule has 1 aliphatic rings. The molecular formula is C18H24NO3-. The fourth-order valence-electron chi connectivity index (χ4n) is 3.18. The highest BCUT2D eigenvalue weighted by Gasteiger charge is 2.32. The Balaban J connectivity index is 1.83. The maximum Gasteiger partial charge on any atom is 0.223 e. The number of carbonyl (C=O) groups is 2. The number of aryl methyl sites for hydroxylation is 1. The lowest BCUT2D eigenvalue weighted by Gasteiger charge is -2.32. The largest absolute Gasteiger partial charge is 0.550 e. The van der Waals surface area contributed by atoms with Crippen molar-refractivity contribution in [2.75, 3.05) is 0 Å². The highest BCUT2D eigenvalue weighted by molar-refractivity contribution is 5.84. The summed E-state index contributed by atoms with van der Waals surface area (Å²) in [6, 6.07) is 10.2. The minimum atomic E-state index is -1.09. The van der Waals surface area contributed by atoms with Gasteiger partial charge in [0.1, 0.15) is 0 Å². The van der Waals surface area contributed by atoms with Crippen LogP contribution in [0.2, 0.25) is 0 Å². The maximum atomic E-state index is 12.3. The Hall–Kier alpha value is -1.84. The molecule has 0 heterocycles. The summed E-state index contributed by atoms with van der Waals surface area (Å²) in [5, 5.41) is 14.1. The third kappa shape index (κ3) is 4.58. The standard InChI is InChI=1S/C18H25NO3/c1-13(11-12-14-7-3-2-4-8-14)19-17(20)15-9-5-6-10-16(15)18(21)22/h2-4,7-8,13,15-16H,5-6,9-12H2,1H3,(H,19,20)(H,21,22)/p-1/t13-,15+,16+/m1/s1. The summed E-state index contributed by atoms with van der Waals surface area (Å²) < 4.78 is 0. The molecule has 2 rings (SSSR count). The minimum absolute atomic E-state index is 0.0389. The average Bonchev–Trinajstić information content (AvgIpc) is 2.54. The zero-order chi connectivity index (χ0) is 15.9. The van der Waals surface area contributed by atoms with Gasteiger partial charge in [-0.05, 0) is 38.2 Å². The van der Waals surface area contributed by atoms with Crippen molar-refractivity contribution in [3.05, 3.63) is 35.9 Å².